The maximum absolute atomic E-state index is 6.34. The van der Waals surface area contributed by atoms with Gasteiger partial charge in [-0.15, -0.1) is 0 Å². The predicted molar refractivity (Wildman–Crippen MR) is 70.4 cm³/mol. The molecule has 3 rings (SSSR count). The molecule has 19 heavy (non-hydrogen) atoms. The van der Waals surface area contributed by atoms with E-state index in [1.165, 1.54) is 0 Å². The Morgan fingerprint density at radius 1 is 1.37 bits per heavy atom. The number of rotatable bonds is 3. The lowest BCUT2D eigenvalue weighted by Crippen LogP contribution is -2.34. The largest absolute Gasteiger partial charge is 0.339 e. The third-order valence-corrected chi connectivity index (χ3v) is 3.94. The zero-order chi connectivity index (χ0) is 13.3. The van der Waals surface area contributed by atoms with E-state index in [2.05, 4.69) is 15.1 Å². The first kappa shape index (κ1) is 12.3. The van der Waals surface area contributed by atoms with E-state index in [4.69, 9.17) is 10.3 Å². The second kappa shape index (κ2) is 4.74. The molecule has 1 unspecified atom stereocenters. The third kappa shape index (κ3) is 2.26. The topological polar surface area (TPSA) is 77.8 Å². The van der Waals surface area contributed by atoms with Crippen molar-refractivity contribution in [2.24, 2.45) is 5.73 Å². The van der Waals surface area contributed by atoms with Crippen molar-refractivity contribution >= 4 is 0 Å². The summed E-state index contributed by atoms with van der Waals surface area (Å²) in [7, 11) is 0. The molecule has 0 aromatic carbocycles. The summed E-state index contributed by atoms with van der Waals surface area (Å²) < 4.78 is 5.39. The molecule has 1 aliphatic carbocycles. The standard InChI is InChI=1S/C14H18N4O/c1-10(11-5-4-8-16-9-11)12-17-13(18-19-12)14(15)6-2-3-7-14/h4-5,8-10H,2-3,6-7,15H2,1H3. The highest BCUT2D eigenvalue weighted by Gasteiger charge is 2.36. The Labute approximate surface area is 112 Å². The zero-order valence-electron chi connectivity index (χ0n) is 11.0. The Bertz CT molecular complexity index is 546. The van der Waals surface area contributed by atoms with Crippen molar-refractivity contribution in [3.63, 3.8) is 0 Å². The van der Waals surface area contributed by atoms with Gasteiger partial charge in [-0.2, -0.15) is 4.98 Å². The van der Waals surface area contributed by atoms with Crippen LogP contribution in [-0.4, -0.2) is 15.1 Å². The third-order valence-electron chi connectivity index (χ3n) is 3.94. The first-order chi connectivity index (χ1) is 9.19. The highest BCUT2D eigenvalue weighted by Crippen LogP contribution is 2.35. The number of aromatic nitrogens is 3. The first-order valence-corrected chi connectivity index (χ1v) is 6.72. The molecule has 1 atom stereocenters. The number of hydrogen-bond acceptors (Lipinski definition) is 5. The SMILES string of the molecule is CC(c1cccnc1)c1nc(C2(N)CCCC2)no1. The molecule has 1 aliphatic rings. The predicted octanol–water partition coefficient (Wildman–Crippen LogP) is 2.34. The lowest BCUT2D eigenvalue weighted by Gasteiger charge is -2.17. The van der Waals surface area contributed by atoms with Crippen molar-refractivity contribution in [3.05, 3.63) is 41.8 Å². The zero-order valence-corrected chi connectivity index (χ0v) is 11.0. The van der Waals surface area contributed by atoms with Gasteiger partial charge in [0.15, 0.2) is 5.82 Å². The highest BCUT2D eigenvalue weighted by atomic mass is 16.5. The van der Waals surface area contributed by atoms with Crippen molar-refractivity contribution in [2.75, 3.05) is 0 Å². The summed E-state index contributed by atoms with van der Waals surface area (Å²) >= 11 is 0. The van der Waals surface area contributed by atoms with E-state index >= 15 is 0 Å². The van der Waals surface area contributed by atoms with Crippen LogP contribution in [-0.2, 0) is 5.54 Å². The van der Waals surface area contributed by atoms with Crippen LogP contribution in [0.15, 0.2) is 29.0 Å². The summed E-state index contributed by atoms with van der Waals surface area (Å²) in [6, 6.07) is 3.92. The lowest BCUT2D eigenvalue weighted by molar-refractivity contribution is 0.344. The molecule has 0 amide bonds. The monoisotopic (exact) mass is 258 g/mol. The molecule has 0 radical (unpaired) electrons. The number of nitrogens with zero attached hydrogens (tertiary/aromatic N) is 3. The Balaban J connectivity index is 1.85. The summed E-state index contributed by atoms with van der Waals surface area (Å²) in [4.78, 5) is 8.62. The van der Waals surface area contributed by atoms with E-state index in [1.54, 1.807) is 6.20 Å². The summed E-state index contributed by atoms with van der Waals surface area (Å²) in [6.45, 7) is 2.03. The van der Waals surface area contributed by atoms with Crippen molar-refractivity contribution in [2.45, 2.75) is 44.1 Å². The lowest BCUT2D eigenvalue weighted by atomic mass is 9.98. The van der Waals surface area contributed by atoms with Crippen LogP contribution in [0.1, 0.15) is 55.8 Å². The highest BCUT2D eigenvalue weighted by molar-refractivity contribution is 5.20. The molecule has 100 valence electrons. The van der Waals surface area contributed by atoms with Crippen molar-refractivity contribution in [3.8, 4) is 0 Å². The normalized spacial score (nSPS) is 19.5. The Morgan fingerprint density at radius 3 is 2.84 bits per heavy atom. The van der Waals surface area contributed by atoms with Crippen LogP contribution in [0.5, 0.6) is 0 Å². The van der Waals surface area contributed by atoms with Gasteiger partial charge in [-0.05, 0) is 31.4 Å². The minimum atomic E-state index is -0.392. The van der Waals surface area contributed by atoms with E-state index in [-0.39, 0.29) is 5.92 Å². The number of hydrogen-bond donors (Lipinski definition) is 1. The quantitative estimate of drug-likeness (QED) is 0.914. The van der Waals surface area contributed by atoms with Crippen LogP contribution in [0.4, 0.5) is 0 Å². The second-order valence-electron chi connectivity index (χ2n) is 5.33. The fourth-order valence-electron chi connectivity index (χ4n) is 2.62. The van der Waals surface area contributed by atoms with Gasteiger partial charge in [-0.25, -0.2) is 0 Å². The molecule has 0 saturated heterocycles. The van der Waals surface area contributed by atoms with Gasteiger partial charge in [0.1, 0.15) is 0 Å². The molecule has 2 aromatic rings. The van der Waals surface area contributed by atoms with E-state index in [1.807, 2.05) is 25.3 Å². The van der Waals surface area contributed by atoms with E-state index < -0.39 is 5.54 Å². The Kier molecular flexibility index (Phi) is 3.06. The van der Waals surface area contributed by atoms with Crippen LogP contribution in [0.2, 0.25) is 0 Å². The van der Waals surface area contributed by atoms with Gasteiger partial charge in [0, 0.05) is 12.4 Å². The van der Waals surface area contributed by atoms with Gasteiger partial charge in [0.2, 0.25) is 5.89 Å². The second-order valence-corrected chi connectivity index (χ2v) is 5.33. The van der Waals surface area contributed by atoms with Gasteiger partial charge in [0.05, 0.1) is 11.5 Å². The molecule has 1 saturated carbocycles. The first-order valence-electron chi connectivity index (χ1n) is 6.72. The molecular weight excluding hydrogens is 240 g/mol. The van der Waals surface area contributed by atoms with E-state index in [0.717, 1.165) is 31.2 Å². The molecule has 2 heterocycles. The summed E-state index contributed by atoms with van der Waals surface area (Å²) in [5, 5.41) is 4.09. The number of nitrogens with two attached hydrogens (primary N) is 1. The van der Waals surface area contributed by atoms with Crippen molar-refractivity contribution in [1.82, 2.24) is 15.1 Å². The van der Waals surface area contributed by atoms with Gasteiger partial charge >= 0.3 is 0 Å². The molecule has 0 bridgehead atoms. The minimum absolute atomic E-state index is 0.0416. The smallest absolute Gasteiger partial charge is 0.234 e. The average Bonchev–Trinajstić information content (AvgIpc) is 3.08. The van der Waals surface area contributed by atoms with Crippen LogP contribution in [0.3, 0.4) is 0 Å². The van der Waals surface area contributed by atoms with Gasteiger partial charge in [-0.1, -0.05) is 24.1 Å². The summed E-state index contributed by atoms with van der Waals surface area (Å²) in [5.74, 6) is 1.30. The summed E-state index contributed by atoms with van der Waals surface area (Å²) in [6.07, 6.45) is 7.72. The molecule has 1 fully saturated rings. The molecule has 0 aliphatic heterocycles. The van der Waals surface area contributed by atoms with Crippen molar-refractivity contribution < 1.29 is 4.52 Å². The van der Waals surface area contributed by atoms with Gasteiger partial charge in [0.25, 0.3) is 0 Å². The molecule has 0 spiro atoms. The van der Waals surface area contributed by atoms with Gasteiger partial charge in [-0.3, -0.25) is 4.98 Å². The minimum Gasteiger partial charge on any atom is -0.339 e. The van der Waals surface area contributed by atoms with Crippen molar-refractivity contribution in [1.29, 1.82) is 0 Å². The van der Waals surface area contributed by atoms with Crippen LogP contribution in [0.25, 0.3) is 0 Å². The van der Waals surface area contributed by atoms with Crippen LogP contribution < -0.4 is 5.73 Å². The molecule has 2 N–H and O–H groups in total. The number of pyridine rings is 1. The van der Waals surface area contributed by atoms with Crippen LogP contribution >= 0.6 is 0 Å². The molecule has 2 aromatic heterocycles. The average molecular weight is 258 g/mol. The fraction of sp³-hybridized carbons (Fsp3) is 0.500. The maximum Gasteiger partial charge on any atom is 0.234 e. The van der Waals surface area contributed by atoms with Crippen LogP contribution in [0, 0.1) is 0 Å². The maximum atomic E-state index is 6.34. The Morgan fingerprint density at radius 2 is 2.16 bits per heavy atom. The fourth-order valence-corrected chi connectivity index (χ4v) is 2.62. The van der Waals surface area contributed by atoms with Gasteiger partial charge < -0.3 is 10.3 Å². The summed E-state index contributed by atoms with van der Waals surface area (Å²) in [5.41, 5.74) is 7.01. The Hall–Kier alpha value is -1.75. The molecular formula is C14H18N4O. The van der Waals surface area contributed by atoms with E-state index in [0.29, 0.717) is 11.7 Å². The molecule has 5 heteroatoms. The molecule has 5 nitrogen and oxygen atoms in total. The van der Waals surface area contributed by atoms with E-state index in [9.17, 15) is 0 Å².